The van der Waals surface area contributed by atoms with Crippen LogP contribution in [0, 0.1) is 5.92 Å². The van der Waals surface area contributed by atoms with Crippen molar-refractivity contribution in [1.29, 1.82) is 0 Å². The number of benzene rings is 1. The van der Waals surface area contributed by atoms with Crippen molar-refractivity contribution in [3.05, 3.63) is 53.4 Å². The number of likely N-dealkylation sites (N-methyl/N-ethyl adjacent to an activating group) is 1. The molecule has 6 heteroatoms. The molecule has 0 saturated carbocycles. The molecule has 30 heavy (non-hydrogen) atoms. The van der Waals surface area contributed by atoms with E-state index in [0.717, 1.165) is 57.2 Å². The molecule has 6 nitrogen and oxygen atoms in total. The molecule has 2 aromatic rings. The third-order valence-electron chi connectivity index (χ3n) is 6.35. The van der Waals surface area contributed by atoms with E-state index in [1.54, 1.807) is 0 Å². The van der Waals surface area contributed by atoms with Gasteiger partial charge in [0, 0.05) is 25.8 Å². The number of rotatable bonds is 8. The second-order valence-electron chi connectivity index (χ2n) is 8.57. The number of likely N-dealkylation sites (tertiary alicyclic amines) is 1. The molecular weight excluding hydrogens is 378 g/mol. The van der Waals surface area contributed by atoms with E-state index in [4.69, 9.17) is 9.26 Å². The van der Waals surface area contributed by atoms with Crippen molar-refractivity contribution in [2.24, 2.45) is 5.92 Å². The molecule has 0 N–H and O–H groups in total. The molecule has 3 heterocycles. The standard InChI is InChI=1S/C24H33N3O3/c1-2-27(18-21-9-6-14-29-21)24(28)23-16-22(30-25-23)17-26-12-10-20(11-13-26)15-19-7-4-3-5-8-19/h3-5,7-8,16,20-21H,2,6,9-15,17-18H2,1H3. The highest BCUT2D eigenvalue weighted by Gasteiger charge is 2.25. The van der Waals surface area contributed by atoms with Gasteiger partial charge in [0.2, 0.25) is 0 Å². The Morgan fingerprint density at radius 1 is 1.20 bits per heavy atom. The molecule has 2 saturated heterocycles. The summed E-state index contributed by atoms with van der Waals surface area (Å²) in [6.45, 7) is 6.90. The topological polar surface area (TPSA) is 58.8 Å². The van der Waals surface area contributed by atoms with E-state index in [-0.39, 0.29) is 12.0 Å². The van der Waals surface area contributed by atoms with E-state index >= 15 is 0 Å². The summed E-state index contributed by atoms with van der Waals surface area (Å²) in [5, 5.41) is 4.06. The Balaban J connectivity index is 1.25. The van der Waals surface area contributed by atoms with Crippen molar-refractivity contribution < 1.29 is 14.1 Å². The number of hydrogen-bond donors (Lipinski definition) is 0. The molecule has 0 aliphatic carbocycles. The van der Waals surface area contributed by atoms with Crippen LogP contribution in [0.15, 0.2) is 40.9 Å². The van der Waals surface area contributed by atoms with Crippen molar-refractivity contribution >= 4 is 5.91 Å². The van der Waals surface area contributed by atoms with E-state index in [0.29, 0.717) is 18.8 Å². The van der Waals surface area contributed by atoms with Gasteiger partial charge in [0.05, 0.1) is 12.6 Å². The molecule has 162 valence electrons. The second kappa shape index (κ2) is 10.2. The molecule has 0 spiro atoms. The number of carbonyl (C=O) groups excluding carboxylic acids is 1. The van der Waals surface area contributed by atoms with Gasteiger partial charge in [0.25, 0.3) is 5.91 Å². The van der Waals surface area contributed by atoms with Crippen LogP contribution < -0.4 is 0 Å². The van der Waals surface area contributed by atoms with Gasteiger partial charge >= 0.3 is 0 Å². The monoisotopic (exact) mass is 411 g/mol. The van der Waals surface area contributed by atoms with E-state index < -0.39 is 0 Å². The third kappa shape index (κ3) is 5.49. The molecule has 2 fully saturated rings. The van der Waals surface area contributed by atoms with Crippen LogP contribution >= 0.6 is 0 Å². The number of carbonyl (C=O) groups is 1. The summed E-state index contributed by atoms with van der Waals surface area (Å²) in [5.74, 6) is 1.45. The van der Waals surface area contributed by atoms with E-state index in [1.807, 2.05) is 17.9 Å². The molecule has 0 radical (unpaired) electrons. The largest absolute Gasteiger partial charge is 0.376 e. The number of ether oxygens (including phenoxy) is 1. The number of nitrogens with zero attached hydrogens (tertiary/aromatic N) is 3. The number of hydrogen-bond acceptors (Lipinski definition) is 5. The number of amides is 1. The lowest BCUT2D eigenvalue weighted by Gasteiger charge is -2.31. The van der Waals surface area contributed by atoms with Crippen LogP contribution in [-0.4, -0.2) is 59.8 Å². The fraction of sp³-hybridized carbons (Fsp3) is 0.583. The van der Waals surface area contributed by atoms with Crippen molar-refractivity contribution in [3.63, 3.8) is 0 Å². The molecule has 4 rings (SSSR count). The maximum absolute atomic E-state index is 12.8. The summed E-state index contributed by atoms with van der Waals surface area (Å²) < 4.78 is 11.2. The zero-order chi connectivity index (χ0) is 20.8. The maximum Gasteiger partial charge on any atom is 0.276 e. The van der Waals surface area contributed by atoms with Crippen molar-refractivity contribution in [2.45, 2.75) is 51.7 Å². The Hall–Kier alpha value is -2.18. The molecule has 2 aliphatic rings. The van der Waals surface area contributed by atoms with Gasteiger partial charge in [-0.25, -0.2) is 0 Å². The minimum absolute atomic E-state index is 0.0652. The summed E-state index contributed by atoms with van der Waals surface area (Å²) in [6.07, 6.45) is 5.80. The van der Waals surface area contributed by atoms with Crippen LogP contribution in [0.2, 0.25) is 0 Å². The first-order valence-electron chi connectivity index (χ1n) is 11.3. The van der Waals surface area contributed by atoms with Crippen LogP contribution in [0.1, 0.15) is 54.4 Å². The fourth-order valence-electron chi connectivity index (χ4n) is 4.56. The van der Waals surface area contributed by atoms with Crippen LogP contribution in [0.3, 0.4) is 0 Å². The van der Waals surface area contributed by atoms with Gasteiger partial charge < -0.3 is 14.2 Å². The van der Waals surface area contributed by atoms with Gasteiger partial charge in [-0.05, 0) is 63.6 Å². The normalized spacial score (nSPS) is 20.5. The van der Waals surface area contributed by atoms with Crippen LogP contribution in [0.5, 0.6) is 0 Å². The van der Waals surface area contributed by atoms with Crippen LogP contribution in [0.4, 0.5) is 0 Å². The van der Waals surface area contributed by atoms with Gasteiger partial charge in [-0.3, -0.25) is 9.69 Å². The number of piperidine rings is 1. The molecular formula is C24H33N3O3. The second-order valence-corrected chi connectivity index (χ2v) is 8.57. The molecule has 1 atom stereocenters. The van der Waals surface area contributed by atoms with Gasteiger partial charge in [-0.2, -0.15) is 0 Å². The van der Waals surface area contributed by atoms with Crippen LogP contribution in [0.25, 0.3) is 0 Å². The highest BCUT2D eigenvalue weighted by Crippen LogP contribution is 2.23. The first-order chi connectivity index (χ1) is 14.7. The first kappa shape index (κ1) is 21.1. The molecule has 1 aromatic carbocycles. The lowest BCUT2D eigenvalue weighted by molar-refractivity contribution is 0.0531. The average Bonchev–Trinajstić information content (AvgIpc) is 3.46. The SMILES string of the molecule is CCN(CC1CCCO1)C(=O)c1cc(CN2CCC(Cc3ccccc3)CC2)on1. The predicted octanol–water partition coefficient (Wildman–Crippen LogP) is 3.77. The Morgan fingerprint density at radius 3 is 2.70 bits per heavy atom. The van der Waals surface area contributed by atoms with Gasteiger partial charge in [-0.1, -0.05) is 35.5 Å². The summed E-state index contributed by atoms with van der Waals surface area (Å²) in [6, 6.07) is 12.6. The lowest BCUT2D eigenvalue weighted by Crippen LogP contribution is -2.37. The fourth-order valence-corrected chi connectivity index (χ4v) is 4.56. The van der Waals surface area contributed by atoms with E-state index in [2.05, 4.69) is 40.4 Å². The smallest absolute Gasteiger partial charge is 0.276 e. The zero-order valence-electron chi connectivity index (χ0n) is 18.0. The molecule has 1 unspecified atom stereocenters. The first-order valence-corrected chi connectivity index (χ1v) is 11.3. The maximum atomic E-state index is 12.8. The van der Waals surface area contributed by atoms with E-state index in [9.17, 15) is 4.79 Å². The Labute approximate surface area is 179 Å². The number of aromatic nitrogens is 1. The third-order valence-corrected chi connectivity index (χ3v) is 6.35. The lowest BCUT2D eigenvalue weighted by atomic mass is 9.90. The van der Waals surface area contributed by atoms with E-state index in [1.165, 1.54) is 18.4 Å². The summed E-state index contributed by atoms with van der Waals surface area (Å²) in [4.78, 5) is 17.0. The summed E-state index contributed by atoms with van der Waals surface area (Å²) >= 11 is 0. The highest BCUT2D eigenvalue weighted by molar-refractivity contribution is 5.92. The Bertz CT molecular complexity index is 793. The minimum Gasteiger partial charge on any atom is -0.376 e. The predicted molar refractivity (Wildman–Crippen MR) is 115 cm³/mol. The van der Waals surface area contributed by atoms with Gasteiger partial charge in [0.1, 0.15) is 0 Å². The van der Waals surface area contributed by atoms with Crippen molar-refractivity contribution in [1.82, 2.24) is 15.0 Å². The zero-order valence-corrected chi connectivity index (χ0v) is 18.0. The molecule has 1 amide bonds. The molecule has 2 aliphatic heterocycles. The van der Waals surface area contributed by atoms with Crippen molar-refractivity contribution in [3.8, 4) is 0 Å². The van der Waals surface area contributed by atoms with Crippen molar-refractivity contribution in [2.75, 3.05) is 32.8 Å². The Kier molecular flexibility index (Phi) is 7.18. The summed E-state index contributed by atoms with van der Waals surface area (Å²) in [7, 11) is 0. The highest BCUT2D eigenvalue weighted by atomic mass is 16.5. The quantitative estimate of drug-likeness (QED) is 0.662. The van der Waals surface area contributed by atoms with Gasteiger partial charge in [0.15, 0.2) is 11.5 Å². The molecule has 1 aromatic heterocycles. The minimum atomic E-state index is -0.0652. The van der Waals surface area contributed by atoms with Crippen LogP contribution in [-0.2, 0) is 17.7 Å². The van der Waals surface area contributed by atoms with Gasteiger partial charge in [-0.15, -0.1) is 0 Å². The molecule has 0 bridgehead atoms. The average molecular weight is 412 g/mol. The summed E-state index contributed by atoms with van der Waals surface area (Å²) in [5.41, 5.74) is 1.83. The Morgan fingerprint density at radius 2 is 2.00 bits per heavy atom.